The molecule has 1 aromatic carbocycles. The molecule has 3 heterocycles. The first-order valence-electron chi connectivity index (χ1n) is 10.8. The minimum Gasteiger partial charge on any atom is -0.345 e. The second kappa shape index (κ2) is 9.46. The van der Waals surface area contributed by atoms with E-state index in [1.54, 1.807) is 30.8 Å². The van der Waals surface area contributed by atoms with Gasteiger partial charge in [0.25, 0.3) is 5.91 Å². The van der Waals surface area contributed by atoms with Crippen LogP contribution in [0.3, 0.4) is 0 Å². The van der Waals surface area contributed by atoms with Gasteiger partial charge in [-0.05, 0) is 54.4 Å². The fraction of sp³-hybridized carbons (Fsp3) is 0.391. The molecule has 4 rings (SSSR count). The van der Waals surface area contributed by atoms with Crippen LogP contribution < -0.4 is 10.6 Å². The van der Waals surface area contributed by atoms with Gasteiger partial charge in [-0.1, -0.05) is 18.2 Å². The number of nitrogens with zero attached hydrogens (tertiary/aromatic N) is 4. The van der Waals surface area contributed by atoms with Crippen LogP contribution in [-0.4, -0.2) is 44.8 Å². The Morgan fingerprint density at radius 1 is 1.24 bits per heavy atom. The number of carbonyl (C=O) groups is 1. The SMILES string of the molecule is Cc1nc(C(=O)N[C@H]2CNCC[C@@H]2c2cccc(C(F)(F)F)c2)nc(C)c1-c1c(Br)cnn1C. The number of nitrogens with one attached hydrogen (secondary N) is 2. The third-order valence-electron chi connectivity index (χ3n) is 6.05. The van der Waals surface area contributed by atoms with E-state index in [2.05, 4.69) is 41.6 Å². The molecule has 7 nitrogen and oxygen atoms in total. The van der Waals surface area contributed by atoms with Crippen molar-refractivity contribution in [1.82, 2.24) is 30.4 Å². The summed E-state index contributed by atoms with van der Waals surface area (Å²) in [4.78, 5) is 21.9. The summed E-state index contributed by atoms with van der Waals surface area (Å²) >= 11 is 3.49. The normalized spacial score (nSPS) is 18.7. The lowest BCUT2D eigenvalue weighted by Gasteiger charge is -2.33. The fourth-order valence-electron chi connectivity index (χ4n) is 4.44. The Hall–Kier alpha value is -2.79. The van der Waals surface area contributed by atoms with Gasteiger partial charge in [-0.15, -0.1) is 0 Å². The molecule has 180 valence electrons. The van der Waals surface area contributed by atoms with E-state index < -0.39 is 23.7 Å². The number of aromatic nitrogens is 4. The molecule has 0 saturated carbocycles. The maximum absolute atomic E-state index is 13.2. The van der Waals surface area contributed by atoms with Crippen molar-refractivity contribution in [3.63, 3.8) is 0 Å². The van der Waals surface area contributed by atoms with E-state index in [-0.39, 0.29) is 11.7 Å². The molecular weight excluding hydrogens is 513 g/mol. The van der Waals surface area contributed by atoms with E-state index in [1.807, 2.05) is 7.05 Å². The van der Waals surface area contributed by atoms with Crippen molar-refractivity contribution in [3.05, 3.63) is 63.3 Å². The lowest BCUT2D eigenvalue weighted by Crippen LogP contribution is -2.50. The smallest absolute Gasteiger partial charge is 0.345 e. The molecule has 3 aromatic rings. The second-order valence-corrected chi connectivity index (χ2v) is 9.21. The Morgan fingerprint density at radius 2 is 1.94 bits per heavy atom. The number of rotatable bonds is 4. The summed E-state index contributed by atoms with van der Waals surface area (Å²) in [6.45, 7) is 4.68. The summed E-state index contributed by atoms with van der Waals surface area (Å²) in [6.07, 6.45) is -2.15. The first-order valence-corrected chi connectivity index (χ1v) is 11.6. The van der Waals surface area contributed by atoms with Gasteiger partial charge < -0.3 is 10.6 Å². The van der Waals surface area contributed by atoms with E-state index in [0.29, 0.717) is 36.5 Å². The Balaban J connectivity index is 1.59. The predicted molar refractivity (Wildman–Crippen MR) is 124 cm³/mol. The summed E-state index contributed by atoms with van der Waals surface area (Å²) in [7, 11) is 1.81. The van der Waals surface area contributed by atoms with Crippen molar-refractivity contribution in [2.45, 2.75) is 38.4 Å². The third kappa shape index (κ3) is 4.85. The molecule has 0 unspecified atom stereocenters. The van der Waals surface area contributed by atoms with Crippen LogP contribution in [0, 0.1) is 13.8 Å². The van der Waals surface area contributed by atoms with Crippen LogP contribution in [0.2, 0.25) is 0 Å². The molecule has 2 aromatic heterocycles. The number of halogens is 4. The van der Waals surface area contributed by atoms with Gasteiger partial charge in [-0.2, -0.15) is 18.3 Å². The minimum absolute atomic E-state index is 0.0189. The van der Waals surface area contributed by atoms with Gasteiger partial charge in [0.05, 0.1) is 33.3 Å². The highest BCUT2D eigenvalue weighted by Gasteiger charge is 2.33. The molecule has 1 amide bonds. The summed E-state index contributed by atoms with van der Waals surface area (Å²) < 4.78 is 42.1. The van der Waals surface area contributed by atoms with Crippen molar-refractivity contribution in [2.24, 2.45) is 7.05 Å². The fourth-order valence-corrected chi connectivity index (χ4v) is 4.99. The standard InChI is InChI=1S/C23H24BrF3N6O/c1-12-19(20-17(24)10-29-33(20)3)13(2)31-21(30-12)22(34)32-18-11-28-8-7-16(18)14-5-4-6-15(9-14)23(25,26)27/h4-6,9-10,16,18,28H,7-8,11H2,1-3H3,(H,32,34)/t16-,18+/m1/s1. The average Bonchev–Trinajstić information content (AvgIpc) is 3.11. The highest BCUT2D eigenvalue weighted by molar-refractivity contribution is 9.10. The lowest BCUT2D eigenvalue weighted by atomic mass is 9.85. The van der Waals surface area contributed by atoms with Crippen LogP contribution in [0.5, 0.6) is 0 Å². The summed E-state index contributed by atoms with van der Waals surface area (Å²) in [5.41, 5.74) is 2.69. The van der Waals surface area contributed by atoms with Crippen LogP contribution in [0.1, 0.15) is 45.5 Å². The van der Waals surface area contributed by atoms with E-state index >= 15 is 0 Å². The third-order valence-corrected chi connectivity index (χ3v) is 6.63. The van der Waals surface area contributed by atoms with Crippen LogP contribution >= 0.6 is 15.9 Å². The zero-order chi connectivity index (χ0) is 24.6. The van der Waals surface area contributed by atoms with E-state index in [0.717, 1.165) is 21.8 Å². The largest absolute Gasteiger partial charge is 0.416 e. The quantitative estimate of drug-likeness (QED) is 0.523. The molecule has 1 aliphatic rings. The number of alkyl halides is 3. The molecule has 1 saturated heterocycles. The van der Waals surface area contributed by atoms with E-state index in [1.165, 1.54) is 12.1 Å². The Bertz CT molecular complexity index is 1180. The molecule has 11 heteroatoms. The van der Waals surface area contributed by atoms with E-state index in [9.17, 15) is 18.0 Å². The number of benzene rings is 1. The predicted octanol–water partition coefficient (Wildman–Crippen LogP) is 4.15. The Labute approximate surface area is 203 Å². The van der Waals surface area contributed by atoms with Gasteiger partial charge in [-0.3, -0.25) is 9.48 Å². The Morgan fingerprint density at radius 3 is 2.56 bits per heavy atom. The van der Waals surface area contributed by atoms with Crippen molar-refractivity contribution in [2.75, 3.05) is 13.1 Å². The maximum Gasteiger partial charge on any atom is 0.416 e. The second-order valence-electron chi connectivity index (χ2n) is 8.36. The van der Waals surface area contributed by atoms with Gasteiger partial charge in [0.1, 0.15) is 0 Å². The van der Waals surface area contributed by atoms with Crippen molar-refractivity contribution >= 4 is 21.8 Å². The van der Waals surface area contributed by atoms with Crippen LogP contribution in [0.25, 0.3) is 11.3 Å². The van der Waals surface area contributed by atoms with Crippen molar-refractivity contribution < 1.29 is 18.0 Å². The number of piperidine rings is 1. The first kappa shape index (κ1) is 24.3. The molecule has 0 bridgehead atoms. The summed E-state index contributed by atoms with van der Waals surface area (Å²) in [5, 5.41) is 10.4. The van der Waals surface area contributed by atoms with Crippen LogP contribution in [0.15, 0.2) is 34.9 Å². The zero-order valence-corrected chi connectivity index (χ0v) is 20.5. The van der Waals surface area contributed by atoms with Gasteiger partial charge in [0.15, 0.2) is 0 Å². The highest BCUT2D eigenvalue weighted by atomic mass is 79.9. The molecule has 2 N–H and O–H groups in total. The number of carbonyl (C=O) groups excluding carboxylic acids is 1. The lowest BCUT2D eigenvalue weighted by molar-refractivity contribution is -0.137. The number of amides is 1. The number of hydrogen-bond acceptors (Lipinski definition) is 5. The molecule has 0 spiro atoms. The topological polar surface area (TPSA) is 84.7 Å². The molecule has 34 heavy (non-hydrogen) atoms. The van der Waals surface area contributed by atoms with Gasteiger partial charge in [0.2, 0.25) is 5.82 Å². The van der Waals surface area contributed by atoms with Crippen molar-refractivity contribution in [3.8, 4) is 11.3 Å². The Kier molecular flexibility index (Phi) is 6.77. The molecule has 0 aliphatic carbocycles. The van der Waals surface area contributed by atoms with Gasteiger partial charge >= 0.3 is 6.18 Å². The number of aryl methyl sites for hydroxylation is 3. The molecule has 0 radical (unpaired) electrons. The van der Waals surface area contributed by atoms with Crippen LogP contribution in [0.4, 0.5) is 13.2 Å². The summed E-state index contributed by atoms with van der Waals surface area (Å²) in [6, 6.07) is 4.90. The van der Waals surface area contributed by atoms with Crippen LogP contribution in [-0.2, 0) is 13.2 Å². The molecule has 1 aliphatic heterocycles. The highest BCUT2D eigenvalue weighted by Crippen LogP contribution is 2.34. The zero-order valence-electron chi connectivity index (χ0n) is 18.9. The monoisotopic (exact) mass is 536 g/mol. The molecule has 1 fully saturated rings. The molecule has 2 atom stereocenters. The minimum atomic E-state index is -4.42. The van der Waals surface area contributed by atoms with Crippen molar-refractivity contribution in [1.29, 1.82) is 0 Å². The summed E-state index contributed by atoms with van der Waals surface area (Å²) in [5.74, 6) is -0.711. The number of hydrogen-bond donors (Lipinski definition) is 2. The maximum atomic E-state index is 13.2. The first-order chi connectivity index (χ1) is 16.1. The van der Waals surface area contributed by atoms with Gasteiger partial charge in [0, 0.05) is 31.1 Å². The average molecular weight is 537 g/mol. The molecular formula is C23H24BrF3N6O. The van der Waals surface area contributed by atoms with E-state index in [4.69, 9.17) is 0 Å². The van der Waals surface area contributed by atoms with Gasteiger partial charge in [-0.25, -0.2) is 9.97 Å².